The molecule has 1 aromatic rings. The van der Waals surface area contributed by atoms with Crippen molar-refractivity contribution in [2.75, 3.05) is 6.61 Å². The lowest BCUT2D eigenvalue weighted by Gasteiger charge is -2.04. The summed E-state index contributed by atoms with van der Waals surface area (Å²) >= 11 is 0. The molecule has 0 unspecified atom stereocenters. The molecule has 0 atom stereocenters. The van der Waals surface area contributed by atoms with E-state index in [1.54, 1.807) is 6.20 Å². The molecular weight excluding hydrogens is 152 g/mol. The van der Waals surface area contributed by atoms with Crippen LogP contribution in [0.1, 0.15) is 25.6 Å². The van der Waals surface area contributed by atoms with E-state index in [-0.39, 0.29) is 6.61 Å². The average Bonchev–Trinajstić information content (AvgIpc) is 2.50. The third-order valence-corrected chi connectivity index (χ3v) is 1.89. The van der Waals surface area contributed by atoms with Gasteiger partial charge in [0, 0.05) is 25.4 Å². The molecule has 0 aliphatic rings. The first kappa shape index (κ1) is 9.26. The number of aryl methyl sites for hydroxylation is 1. The van der Waals surface area contributed by atoms with Gasteiger partial charge in [-0.05, 0) is 6.42 Å². The Balaban J connectivity index is 2.51. The van der Waals surface area contributed by atoms with Gasteiger partial charge in [0.1, 0.15) is 5.82 Å². The zero-order valence-corrected chi connectivity index (χ0v) is 7.53. The van der Waals surface area contributed by atoms with Crippen molar-refractivity contribution >= 4 is 0 Å². The Morgan fingerprint density at radius 3 is 3.08 bits per heavy atom. The zero-order chi connectivity index (χ0) is 8.81. The monoisotopic (exact) mass is 168 g/mol. The van der Waals surface area contributed by atoms with Crippen LogP contribution in [0.5, 0.6) is 0 Å². The lowest BCUT2D eigenvalue weighted by atomic mass is 10.3. The first-order valence-electron chi connectivity index (χ1n) is 4.49. The highest BCUT2D eigenvalue weighted by molar-refractivity contribution is 4.92. The van der Waals surface area contributed by atoms with Crippen LogP contribution in [0.15, 0.2) is 12.4 Å². The first-order chi connectivity index (χ1) is 5.88. The van der Waals surface area contributed by atoms with Crippen LogP contribution >= 0.6 is 0 Å². The van der Waals surface area contributed by atoms with Gasteiger partial charge in [-0.1, -0.05) is 13.3 Å². The van der Waals surface area contributed by atoms with E-state index in [9.17, 15) is 0 Å². The van der Waals surface area contributed by atoms with Crippen molar-refractivity contribution in [3.8, 4) is 0 Å². The molecule has 1 N–H and O–H groups in total. The van der Waals surface area contributed by atoms with Gasteiger partial charge in [-0.15, -0.1) is 0 Å². The van der Waals surface area contributed by atoms with Gasteiger partial charge in [-0.25, -0.2) is 4.98 Å². The number of hydrogen-bond donors (Lipinski definition) is 1. The van der Waals surface area contributed by atoms with Crippen molar-refractivity contribution in [2.24, 2.45) is 0 Å². The van der Waals surface area contributed by atoms with Crippen LogP contribution in [-0.2, 0) is 13.0 Å². The third kappa shape index (κ3) is 2.34. The van der Waals surface area contributed by atoms with Crippen LogP contribution in [0, 0.1) is 0 Å². The second-order valence-corrected chi connectivity index (χ2v) is 2.86. The number of unbranched alkanes of at least 4 members (excludes halogenated alkanes) is 1. The van der Waals surface area contributed by atoms with E-state index in [1.165, 1.54) is 12.8 Å². The standard InChI is InChI=1S/C9H16N2O/c1-2-3-6-11-7-5-10-9(11)4-8-12/h5,7,12H,2-4,6,8H2,1H3. The number of aliphatic hydroxyl groups is 1. The summed E-state index contributed by atoms with van der Waals surface area (Å²) in [6.07, 6.45) is 6.80. The predicted octanol–water partition coefficient (Wildman–Crippen LogP) is 1.22. The largest absolute Gasteiger partial charge is 0.396 e. The Bertz CT molecular complexity index is 220. The first-order valence-corrected chi connectivity index (χ1v) is 4.49. The van der Waals surface area contributed by atoms with Gasteiger partial charge >= 0.3 is 0 Å². The van der Waals surface area contributed by atoms with Crippen molar-refractivity contribution in [2.45, 2.75) is 32.7 Å². The number of rotatable bonds is 5. The molecule has 0 saturated carbocycles. The maximum atomic E-state index is 8.73. The maximum Gasteiger partial charge on any atom is 0.110 e. The number of hydrogen-bond acceptors (Lipinski definition) is 2. The fraction of sp³-hybridized carbons (Fsp3) is 0.667. The van der Waals surface area contributed by atoms with Crippen LogP contribution < -0.4 is 0 Å². The van der Waals surface area contributed by atoms with Crippen molar-refractivity contribution < 1.29 is 5.11 Å². The normalized spacial score (nSPS) is 10.5. The molecule has 3 heteroatoms. The average molecular weight is 168 g/mol. The molecule has 0 saturated heterocycles. The van der Waals surface area contributed by atoms with Gasteiger partial charge in [0.25, 0.3) is 0 Å². The van der Waals surface area contributed by atoms with Crippen LogP contribution in [0.2, 0.25) is 0 Å². The molecule has 0 bridgehead atoms. The van der Waals surface area contributed by atoms with Gasteiger partial charge < -0.3 is 9.67 Å². The number of aromatic nitrogens is 2. The summed E-state index contributed by atoms with van der Waals surface area (Å²) in [6, 6.07) is 0. The molecule has 68 valence electrons. The summed E-state index contributed by atoms with van der Waals surface area (Å²) in [7, 11) is 0. The molecule has 1 aromatic heterocycles. The van der Waals surface area contributed by atoms with Gasteiger partial charge in [0.2, 0.25) is 0 Å². The summed E-state index contributed by atoms with van der Waals surface area (Å²) in [4.78, 5) is 4.16. The molecule has 0 spiro atoms. The van der Waals surface area contributed by atoms with Gasteiger partial charge in [-0.3, -0.25) is 0 Å². The third-order valence-electron chi connectivity index (χ3n) is 1.89. The Kier molecular flexibility index (Phi) is 3.80. The zero-order valence-electron chi connectivity index (χ0n) is 7.53. The van der Waals surface area contributed by atoms with Crippen LogP contribution in [0.3, 0.4) is 0 Å². The smallest absolute Gasteiger partial charge is 0.110 e. The molecule has 0 amide bonds. The molecule has 3 nitrogen and oxygen atoms in total. The van der Waals surface area contributed by atoms with Crippen molar-refractivity contribution in [1.29, 1.82) is 0 Å². The van der Waals surface area contributed by atoms with Gasteiger partial charge in [0.05, 0.1) is 6.61 Å². The summed E-state index contributed by atoms with van der Waals surface area (Å²) < 4.78 is 2.11. The minimum atomic E-state index is 0.184. The van der Waals surface area contributed by atoms with E-state index in [0.717, 1.165) is 12.4 Å². The topological polar surface area (TPSA) is 38.0 Å². The SMILES string of the molecule is CCCCn1ccnc1CCO. The van der Waals surface area contributed by atoms with E-state index >= 15 is 0 Å². The fourth-order valence-electron chi connectivity index (χ4n) is 1.20. The lowest BCUT2D eigenvalue weighted by Crippen LogP contribution is -2.04. The van der Waals surface area contributed by atoms with Gasteiger partial charge in [0.15, 0.2) is 0 Å². The minimum absolute atomic E-state index is 0.184. The molecule has 1 heterocycles. The highest BCUT2D eigenvalue weighted by Crippen LogP contribution is 2.01. The van der Waals surface area contributed by atoms with E-state index < -0.39 is 0 Å². The Labute approximate surface area is 73.1 Å². The highest BCUT2D eigenvalue weighted by atomic mass is 16.3. The minimum Gasteiger partial charge on any atom is -0.396 e. The second kappa shape index (κ2) is 4.93. The van der Waals surface area contributed by atoms with Crippen LogP contribution in [0.25, 0.3) is 0 Å². The summed E-state index contributed by atoms with van der Waals surface area (Å²) in [5.41, 5.74) is 0. The van der Waals surface area contributed by atoms with Crippen molar-refractivity contribution in [1.82, 2.24) is 9.55 Å². The predicted molar refractivity (Wildman–Crippen MR) is 47.9 cm³/mol. The summed E-state index contributed by atoms with van der Waals surface area (Å²) in [5, 5.41) is 8.73. The van der Waals surface area contributed by atoms with Crippen LogP contribution in [-0.4, -0.2) is 21.3 Å². The quantitative estimate of drug-likeness (QED) is 0.717. The molecule has 0 radical (unpaired) electrons. The highest BCUT2D eigenvalue weighted by Gasteiger charge is 1.99. The fourth-order valence-corrected chi connectivity index (χ4v) is 1.20. The molecule has 0 aliphatic heterocycles. The summed E-state index contributed by atoms with van der Waals surface area (Å²) in [5.74, 6) is 0.992. The summed E-state index contributed by atoms with van der Waals surface area (Å²) in [6.45, 7) is 3.37. The van der Waals surface area contributed by atoms with Crippen LogP contribution in [0.4, 0.5) is 0 Å². The molecule has 0 aromatic carbocycles. The van der Waals surface area contributed by atoms with E-state index in [2.05, 4.69) is 16.5 Å². The number of imidazole rings is 1. The van der Waals surface area contributed by atoms with E-state index in [0.29, 0.717) is 6.42 Å². The van der Waals surface area contributed by atoms with E-state index in [4.69, 9.17) is 5.11 Å². The maximum absolute atomic E-state index is 8.73. The molecule has 0 fully saturated rings. The Hall–Kier alpha value is -0.830. The molecule has 1 rings (SSSR count). The second-order valence-electron chi connectivity index (χ2n) is 2.86. The van der Waals surface area contributed by atoms with Gasteiger partial charge in [-0.2, -0.15) is 0 Å². The lowest BCUT2D eigenvalue weighted by molar-refractivity contribution is 0.294. The molecular formula is C9H16N2O. The van der Waals surface area contributed by atoms with Crippen molar-refractivity contribution in [3.63, 3.8) is 0 Å². The Morgan fingerprint density at radius 1 is 1.58 bits per heavy atom. The molecule has 0 aliphatic carbocycles. The Morgan fingerprint density at radius 2 is 2.42 bits per heavy atom. The molecule has 12 heavy (non-hydrogen) atoms. The number of nitrogens with zero attached hydrogens (tertiary/aromatic N) is 2. The number of aliphatic hydroxyl groups excluding tert-OH is 1. The van der Waals surface area contributed by atoms with Crippen molar-refractivity contribution in [3.05, 3.63) is 18.2 Å². The van der Waals surface area contributed by atoms with E-state index in [1.807, 2.05) is 6.20 Å².